The van der Waals surface area contributed by atoms with E-state index in [2.05, 4.69) is 4.74 Å². The first-order chi connectivity index (χ1) is 7.78. The number of halogens is 3. The number of nitrogens with zero attached hydrogens (tertiary/aromatic N) is 1. The quantitative estimate of drug-likeness (QED) is 0.716. The number of carbonyl (C=O) groups is 1. The highest BCUT2D eigenvalue weighted by molar-refractivity contribution is 5.67. The van der Waals surface area contributed by atoms with Gasteiger partial charge in [-0.15, -0.1) is 13.2 Å². The van der Waals surface area contributed by atoms with Gasteiger partial charge in [0.25, 0.3) is 0 Å². The fraction of sp³-hybridized carbons (Fsp3) is 0.125. The molecule has 0 atom stereocenters. The van der Waals surface area contributed by atoms with Gasteiger partial charge in [-0.05, 0) is 24.3 Å². The van der Waals surface area contributed by atoms with E-state index in [1.54, 1.807) is 5.43 Å². The van der Waals surface area contributed by atoms with Crippen molar-refractivity contribution in [2.24, 2.45) is 0 Å². The number of anilines is 1. The van der Waals surface area contributed by atoms with Gasteiger partial charge in [-0.3, -0.25) is 5.21 Å². The first kappa shape index (κ1) is 12.9. The smallest absolute Gasteiger partial charge is 0.464 e. The zero-order valence-corrected chi connectivity index (χ0v) is 8.10. The first-order valence-electron chi connectivity index (χ1n) is 4.12. The Kier molecular flexibility index (Phi) is 3.63. The molecule has 0 saturated carbocycles. The van der Waals surface area contributed by atoms with Crippen LogP contribution in [0.1, 0.15) is 0 Å². The maximum Gasteiger partial charge on any atom is 0.573 e. The third-order valence-electron chi connectivity index (χ3n) is 1.52. The summed E-state index contributed by atoms with van der Waals surface area (Å²) in [6, 6.07) is 3.93. The number of hydrogen-bond donors (Lipinski definition) is 3. The second-order valence-electron chi connectivity index (χ2n) is 2.77. The molecule has 1 amide bonds. The number of ether oxygens (including phenoxy) is 1. The van der Waals surface area contributed by atoms with E-state index in [1.807, 2.05) is 0 Å². The van der Waals surface area contributed by atoms with Crippen molar-refractivity contribution in [1.29, 1.82) is 0 Å². The maximum atomic E-state index is 11.8. The predicted octanol–water partition coefficient (Wildman–Crippen LogP) is 1.96. The molecular formula is C8H7F3N2O4. The first-order valence-corrected chi connectivity index (χ1v) is 4.12. The number of hydrazine groups is 1. The zero-order valence-electron chi connectivity index (χ0n) is 8.10. The number of alkyl halides is 3. The predicted molar refractivity (Wildman–Crippen MR) is 48.6 cm³/mol. The lowest BCUT2D eigenvalue weighted by molar-refractivity contribution is -0.274. The molecule has 0 radical (unpaired) electrons. The molecule has 0 aliphatic heterocycles. The average molecular weight is 252 g/mol. The third kappa shape index (κ3) is 4.47. The van der Waals surface area contributed by atoms with E-state index in [-0.39, 0.29) is 10.9 Å². The normalized spacial score (nSPS) is 10.8. The fourth-order valence-electron chi connectivity index (χ4n) is 0.944. The van der Waals surface area contributed by atoms with Gasteiger partial charge < -0.3 is 9.84 Å². The number of nitrogens with one attached hydrogen (secondary N) is 1. The van der Waals surface area contributed by atoms with Crippen molar-refractivity contribution in [3.63, 3.8) is 0 Å². The van der Waals surface area contributed by atoms with Crippen molar-refractivity contribution in [1.82, 2.24) is 5.43 Å². The molecule has 1 rings (SSSR count). The molecule has 0 aliphatic rings. The van der Waals surface area contributed by atoms with Crippen LogP contribution in [0.3, 0.4) is 0 Å². The molecule has 0 bridgehead atoms. The second-order valence-corrected chi connectivity index (χ2v) is 2.77. The van der Waals surface area contributed by atoms with E-state index in [4.69, 9.17) is 10.3 Å². The Labute approximate surface area is 92.8 Å². The number of hydrogen-bond acceptors (Lipinski definition) is 4. The van der Waals surface area contributed by atoms with Crippen molar-refractivity contribution < 1.29 is 33.0 Å². The lowest BCUT2D eigenvalue weighted by atomic mass is 10.3. The molecule has 0 aromatic heterocycles. The summed E-state index contributed by atoms with van der Waals surface area (Å²) in [6.07, 6.45) is -6.33. The summed E-state index contributed by atoms with van der Waals surface area (Å²) in [5, 5.41) is 17.5. The van der Waals surface area contributed by atoms with Crippen molar-refractivity contribution in [2.45, 2.75) is 6.36 Å². The van der Waals surface area contributed by atoms with Crippen LogP contribution in [-0.4, -0.2) is 22.8 Å². The van der Waals surface area contributed by atoms with E-state index in [1.165, 1.54) is 0 Å². The number of rotatable bonds is 3. The minimum atomic E-state index is -4.81. The lowest BCUT2D eigenvalue weighted by Crippen LogP contribution is -2.38. The molecule has 0 heterocycles. The number of benzene rings is 1. The average Bonchev–Trinajstić information content (AvgIpc) is 2.15. The van der Waals surface area contributed by atoms with Gasteiger partial charge in [-0.1, -0.05) is 0 Å². The van der Waals surface area contributed by atoms with E-state index < -0.39 is 18.2 Å². The SMILES string of the molecule is O=C(O)NN(O)c1ccc(OC(F)(F)F)cc1. The molecule has 9 heteroatoms. The molecule has 0 fully saturated rings. The molecule has 0 spiro atoms. The molecule has 1 aromatic rings. The van der Waals surface area contributed by atoms with Gasteiger partial charge >= 0.3 is 12.5 Å². The van der Waals surface area contributed by atoms with Crippen LogP contribution in [0.15, 0.2) is 24.3 Å². The van der Waals surface area contributed by atoms with Crippen molar-refractivity contribution in [3.8, 4) is 5.75 Å². The monoisotopic (exact) mass is 252 g/mol. The Bertz CT molecular complexity index is 393. The molecule has 3 N–H and O–H groups in total. The van der Waals surface area contributed by atoms with Crippen LogP contribution in [0.25, 0.3) is 0 Å². The molecule has 0 unspecified atom stereocenters. The summed E-state index contributed by atoms with van der Waals surface area (Å²) in [6.45, 7) is 0. The summed E-state index contributed by atoms with van der Waals surface area (Å²) in [5.41, 5.74) is 1.50. The molecule has 1 aromatic carbocycles. The molecular weight excluding hydrogens is 245 g/mol. The van der Waals surface area contributed by atoms with Gasteiger partial charge in [0, 0.05) is 0 Å². The second kappa shape index (κ2) is 4.78. The Morgan fingerprint density at radius 2 is 1.82 bits per heavy atom. The lowest BCUT2D eigenvalue weighted by Gasteiger charge is -2.16. The Balaban J connectivity index is 2.71. The highest BCUT2D eigenvalue weighted by Crippen LogP contribution is 2.24. The molecule has 0 saturated heterocycles. The van der Waals surface area contributed by atoms with Crippen LogP contribution in [0.2, 0.25) is 0 Å². The Morgan fingerprint density at radius 1 is 1.29 bits per heavy atom. The van der Waals surface area contributed by atoms with Gasteiger partial charge in [0.2, 0.25) is 0 Å². The van der Waals surface area contributed by atoms with E-state index in [0.29, 0.717) is 0 Å². The highest BCUT2D eigenvalue weighted by atomic mass is 19.4. The minimum Gasteiger partial charge on any atom is -0.464 e. The summed E-state index contributed by atoms with van der Waals surface area (Å²) in [7, 11) is 0. The standard InChI is InChI=1S/C8H7F3N2O4/c9-8(10,11)17-6-3-1-5(2-4-6)13(16)12-7(14)15/h1-4,12,16H,(H,14,15). The van der Waals surface area contributed by atoms with Crippen molar-refractivity contribution >= 4 is 11.8 Å². The van der Waals surface area contributed by atoms with Gasteiger partial charge in [0.1, 0.15) is 5.75 Å². The summed E-state index contributed by atoms with van der Waals surface area (Å²) in [5.74, 6) is -0.482. The number of amides is 1. The van der Waals surface area contributed by atoms with Crippen LogP contribution < -0.4 is 15.3 Å². The van der Waals surface area contributed by atoms with Crippen LogP contribution in [0.5, 0.6) is 5.75 Å². The van der Waals surface area contributed by atoms with Gasteiger partial charge in [0.05, 0.1) is 5.69 Å². The van der Waals surface area contributed by atoms with Crippen molar-refractivity contribution in [3.05, 3.63) is 24.3 Å². The Morgan fingerprint density at radius 3 is 2.24 bits per heavy atom. The summed E-state index contributed by atoms with van der Waals surface area (Å²) in [4.78, 5) is 10.2. The molecule has 94 valence electrons. The van der Waals surface area contributed by atoms with Crippen molar-refractivity contribution in [2.75, 3.05) is 5.17 Å². The topological polar surface area (TPSA) is 82.0 Å². The molecule has 17 heavy (non-hydrogen) atoms. The van der Waals surface area contributed by atoms with Gasteiger partial charge in [-0.25, -0.2) is 10.2 Å². The molecule has 6 nitrogen and oxygen atoms in total. The highest BCUT2D eigenvalue weighted by Gasteiger charge is 2.31. The van der Waals surface area contributed by atoms with Crippen LogP contribution >= 0.6 is 0 Å². The Hall–Kier alpha value is -2.16. The maximum absolute atomic E-state index is 11.8. The van der Waals surface area contributed by atoms with E-state index in [0.717, 1.165) is 24.3 Å². The third-order valence-corrected chi connectivity index (χ3v) is 1.52. The van der Waals surface area contributed by atoms with Gasteiger partial charge in [0.15, 0.2) is 0 Å². The zero-order chi connectivity index (χ0) is 13.1. The summed E-state index contributed by atoms with van der Waals surface area (Å²) < 4.78 is 39.0. The van der Waals surface area contributed by atoms with Gasteiger partial charge in [-0.2, -0.15) is 5.17 Å². The number of carboxylic acid groups (broad SMARTS) is 1. The van der Waals surface area contributed by atoms with Crippen LogP contribution in [-0.2, 0) is 0 Å². The fourth-order valence-corrected chi connectivity index (χ4v) is 0.944. The van der Waals surface area contributed by atoms with E-state index >= 15 is 0 Å². The minimum absolute atomic E-state index is 0.0677. The van der Waals surface area contributed by atoms with Crippen LogP contribution in [0, 0.1) is 0 Å². The van der Waals surface area contributed by atoms with Crippen LogP contribution in [0.4, 0.5) is 23.7 Å². The summed E-state index contributed by atoms with van der Waals surface area (Å²) >= 11 is 0. The largest absolute Gasteiger partial charge is 0.573 e. The molecule has 0 aliphatic carbocycles. The van der Waals surface area contributed by atoms with E-state index in [9.17, 15) is 18.0 Å².